The minimum Gasteiger partial charge on any atom is -0.463 e. The van der Waals surface area contributed by atoms with E-state index in [0.717, 1.165) is 0 Å². The van der Waals surface area contributed by atoms with Crippen molar-refractivity contribution >= 4 is 15.9 Å². The SMILES string of the molecule is Brc1nc(-c2ccco2)co1. The molecule has 0 saturated heterocycles. The van der Waals surface area contributed by atoms with Gasteiger partial charge in [-0.3, -0.25) is 0 Å². The highest BCUT2D eigenvalue weighted by Gasteiger charge is 2.04. The molecule has 4 heteroatoms. The molecule has 56 valence electrons. The summed E-state index contributed by atoms with van der Waals surface area (Å²) in [5.74, 6) is 0.708. The van der Waals surface area contributed by atoms with Crippen LogP contribution in [0.1, 0.15) is 0 Å². The summed E-state index contributed by atoms with van der Waals surface area (Å²) in [6.07, 6.45) is 3.13. The maximum atomic E-state index is 5.09. The Morgan fingerprint density at radius 2 is 2.27 bits per heavy atom. The number of aromatic nitrogens is 1. The lowest BCUT2D eigenvalue weighted by molar-refractivity contribution is 0.528. The molecule has 0 aromatic carbocycles. The Bertz CT molecular complexity index is 339. The van der Waals surface area contributed by atoms with E-state index in [4.69, 9.17) is 8.83 Å². The van der Waals surface area contributed by atoms with E-state index in [1.807, 2.05) is 6.07 Å². The summed E-state index contributed by atoms with van der Waals surface area (Å²) in [6.45, 7) is 0. The van der Waals surface area contributed by atoms with E-state index in [2.05, 4.69) is 20.9 Å². The van der Waals surface area contributed by atoms with E-state index in [1.54, 1.807) is 12.3 Å². The molecule has 0 aliphatic heterocycles. The Kier molecular flexibility index (Phi) is 1.54. The Labute approximate surface area is 71.2 Å². The fraction of sp³-hybridized carbons (Fsp3) is 0. The van der Waals surface area contributed by atoms with Crippen LogP contribution in [-0.2, 0) is 0 Å². The van der Waals surface area contributed by atoms with Crippen molar-refractivity contribution in [3.05, 3.63) is 29.5 Å². The first kappa shape index (κ1) is 6.67. The molecule has 0 fully saturated rings. The molecule has 0 aliphatic carbocycles. The third-order valence-corrected chi connectivity index (χ3v) is 1.61. The number of furan rings is 1. The first-order valence-electron chi connectivity index (χ1n) is 3.01. The fourth-order valence-corrected chi connectivity index (χ4v) is 1.07. The summed E-state index contributed by atoms with van der Waals surface area (Å²) in [6, 6.07) is 3.63. The summed E-state index contributed by atoms with van der Waals surface area (Å²) >= 11 is 3.10. The van der Waals surface area contributed by atoms with Gasteiger partial charge in [-0.15, -0.1) is 0 Å². The van der Waals surface area contributed by atoms with E-state index >= 15 is 0 Å². The third-order valence-electron chi connectivity index (χ3n) is 1.25. The summed E-state index contributed by atoms with van der Waals surface area (Å²) in [5, 5.41) is 0. The standard InChI is InChI=1S/C7H4BrNO2/c8-7-9-5(4-11-7)6-2-1-3-10-6/h1-4H. The lowest BCUT2D eigenvalue weighted by atomic mass is 10.4. The number of nitrogens with zero attached hydrogens (tertiary/aromatic N) is 1. The lowest BCUT2D eigenvalue weighted by Gasteiger charge is -1.82. The molecule has 0 N–H and O–H groups in total. The quantitative estimate of drug-likeness (QED) is 0.732. The molecule has 0 aliphatic rings. The van der Waals surface area contributed by atoms with Gasteiger partial charge in [0.1, 0.15) is 12.0 Å². The first-order chi connectivity index (χ1) is 5.36. The maximum absolute atomic E-state index is 5.09. The molecule has 0 bridgehead atoms. The second kappa shape index (κ2) is 2.54. The summed E-state index contributed by atoms with van der Waals surface area (Å²) in [7, 11) is 0. The van der Waals surface area contributed by atoms with Crippen LogP contribution in [0, 0.1) is 0 Å². The van der Waals surface area contributed by atoms with Gasteiger partial charge >= 0.3 is 0 Å². The number of halogens is 1. The summed E-state index contributed by atoms with van der Waals surface area (Å²) in [4.78, 5) is 4.47. The van der Waals surface area contributed by atoms with Crippen molar-refractivity contribution in [3.8, 4) is 11.5 Å². The van der Waals surface area contributed by atoms with Gasteiger partial charge in [-0.05, 0) is 12.1 Å². The zero-order valence-corrected chi connectivity index (χ0v) is 7.04. The Balaban J connectivity index is 2.45. The number of hydrogen-bond acceptors (Lipinski definition) is 3. The Morgan fingerprint density at radius 1 is 1.36 bits per heavy atom. The topological polar surface area (TPSA) is 39.2 Å². The van der Waals surface area contributed by atoms with Crippen LogP contribution in [0.15, 0.2) is 38.3 Å². The molecule has 3 nitrogen and oxygen atoms in total. The molecule has 2 aromatic rings. The molecular weight excluding hydrogens is 210 g/mol. The van der Waals surface area contributed by atoms with Crippen LogP contribution in [-0.4, -0.2) is 4.98 Å². The van der Waals surface area contributed by atoms with Crippen molar-refractivity contribution in [1.29, 1.82) is 0 Å². The van der Waals surface area contributed by atoms with Gasteiger partial charge in [0, 0.05) is 15.9 Å². The molecule has 0 atom stereocenters. The predicted octanol–water partition coefficient (Wildman–Crippen LogP) is 2.70. The molecule has 0 spiro atoms. The van der Waals surface area contributed by atoms with Crippen molar-refractivity contribution < 1.29 is 8.83 Å². The Morgan fingerprint density at radius 3 is 2.82 bits per heavy atom. The van der Waals surface area contributed by atoms with Crippen LogP contribution in [0.4, 0.5) is 0 Å². The Hall–Kier alpha value is -1.03. The van der Waals surface area contributed by atoms with Gasteiger partial charge in [-0.2, -0.15) is 4.98 Å². The van der Waals surface area contributed by atoms with Gasteiger partial charge in [-0.1, -0.05) is 0 Å². The molecule has 0 saturated carbocycles. The predicted molar refractivity (Wildman–Crippen MR) is 41.9 cm³/mol. The fourth-order valence-electron chi connectivity index (χ4n) is 0.789. The summed E-state index contributed by atoms with van der Waals surface area (Å²) in [5.41, 5.74) is 0.696. The number of oxazole rings is 1. The van der Waals surface area contributed by atoms with Gasteiger partial charge in [0.25, 0.3) is 4.80 Å². The van der Waals surface area contributed by atoms with E-state index in [-0.39, 0.29) is 0 Å². The molecule has 0 unspecified atom stereocenters. The van der Waals surface area contributed by atoms with Crippen LogP contribution in [0.3, 0.4) is 0 Å². The average Bonchev–Trinajstić information content (AvgIpc) is 2.55. The van der Waals surface area contributed by atoms with E-state index in [0.29, 0.717) is 16.3 Å². The largest absolute Gasteiger partial charge is 0.463 e. The van der Waals surface area contributed by atoms with Crippen molar-refractivity contribution in [2.45, 2.75) is 0 Å². The highest BCUT2D eigenvalue weighted by atomic mass is 79.9. The highest BCUT2D eigenvalue weighted by molar-refractivity contribution is 9.10. The third kappa shape index (κ3) is 1.21. The monoisotopic (exact) mass is 213 g/mol. The normalized spacial score (nSPS) is 10.3. The van der Waals surface area contributed by atoms with Crippen LogP contribution in [0.5, 0.6) is 0 Å². The van der Waals surface area contributed by atoms with Crippen LogP contribution in [0.25, 0.3) is 11.5 Å². The average molecular weight is 214 g/mol. The van der Waals surface area contributed by atoms with Gasteiger partial charge in [0.2, 0.25) is 0 Å². The van der Waals surface area contributed by atoms with Crippen molar-refractivity contribution in [1.82, 2.24) is 4.98 Å². The number of rotatable bonds is 1. The van der Waals surface area contributed by atoms with Gasteiger partial charge in [0.15, 0.2) is 5.76 Å². The van der Waals surface area contributed by atoms with E-state index in [9.17, 15) is 0 Å². The highest BCUT2D eigenvalue weighted by Crippen LogP contribution is 2.20. The van der Waals surface area contributed by atoms with Crippen molar-refractivity contribution in [2.24, 2.45) is 0 Å². The van der Waals surface area contributed by atoms with Gasteiger partial charge in [-0.25, -0.2) is 0 Å². The lowest BCUT2D eigenvalue weighted by Crippen LogP contribution is -1.69. The molecular formula is C7H4BrNO2. The summed E-state index contributed by atoms with van der Waals surface area (Å²) < 4.78 is 10.0. The first-order valence-corrected chi connectivity index (χ1v) is 3.80. The van der Waals surface area contributed by atoms with Crippen LogP contribution < -0.4 is 0 Å². The molecule has 0 amide bonds. The zero-order chi connectivity index (χ0) is 7.68. The molecule has 2 heterocycles. The van der Waals surface area contributed by atoms with Gasteiger partial charge in [0.05, 0.1) is 6.26 Å². The minimum atomic E-state index is 0.462. The van der Waals surface area contributed by atoms with Crippen LogP contribution in [0.2, 0.25) is 0 Å². The zero-order valence-electron chi connectivity index (χ0n) is 5.45. The molecule has 11 heavy (non-hydrogen) atoms. The second-order valence-corrected chi connectivity index (χ2v) is 2.64. The van der Waals surface area contributed by atoms with E-state index in [1.165, 1.54) is 6.26 Å². The maximum Gasteiger partial charge on any atom is 0.264 e. The van der Waals surface area contributed by atoms with Crippen molar-refractivity contribution in [2.75, 3.05) is 0 Å². The minimum absolute atomic E-state index is 0.462. The molecule has 2 rings (SSSR count). The van der Waals surface area contributed by atoms with Gasteiger partial charge < -0.3 is 8.83 Å². The molecule has 0 radical (unpaired) electrons. The van der Waals surface area contributed by atoms with E-state index < -0.39 is 0 Å². The molecule has 2 aromatic heterocycles. The number of hydrogen-bond donors (Lipinski definition) is 0. The smallest absolute Gasteiger partial charge is 0.264 e. The van der Waals surface area contributed by atoms with Crippen molar-refractivity contribution in [3.63, 3.8) is 0 Å². The van der Waals surface area contributed by atoms with Crippen LogP contribution >= 0.6 is 15.9 Å². The second-order valence-electron chi connectivity index (χ2n) is 1.96.